The van der Waals surface area contributed by atoms with E-state index >= 15 is 0 Å². The van der Waals surface area contributed by atoms with Crippen LogP contribution in [0.25, 0.3) is 0 Å². The van der Waals surface area contributed by atoms with Gasteiger partial charge < -0.3 is 10.0 Å². The number of amides is 1. The lowest BCUT2D eigenvalue weighted by Gasteiger charge is -2.32. The zero-order valence-electron chi connectivity index (χ0n) is 14.2. The Morgan fingerprint density at radius 3 is 2.28 bits per heavy atom. The summed E-state index contributed by atoms with van der Waals surface area (Å²) in [5.74, 6) is -1.37. The van der Waals surface area contributed by atoms with Crippen LogP contribution in [0, 0.1) is 19.7 Å². The number of benzene rings is 1. The number of halogens is 1. The van der Waals surface area contributed by atoms with E-state index in [1.54, 1.807) is 35.6 Å². The SMILES string of the molecule is Cc1cc(C(=O)N2CCC(n3cc(C(=O)O)cn3)CC2)cc(C)c1F. The lowest BCUT2D eigenvalue weighted by molar-refractivity contribution is 0.0688. The predicted molar refractivity (Wildman–Crippen MR) is 89.2 cm³/mol. The van der Waals surface area contributed by atoms with Crippen LogP contribution in [0.2, 0.25) is 0 Å². The van der Waals surface area contributed by atoms with E-state index in [-0.39, 0.29) is 23.3 Å². The summed E-state index contributed by atoms with van der Waals surface area (Å²) in [5.41, 5.74) is 1.60. The van der Waals surface area contributed by atoms with E-state index in [0.29, 0.717) is 42.6 Å². The van der Waals surface area contributed by atoms with Crippen LogP contribution < -0.4 is 0 Å². The zero-order chi connectivity index (χ0) is 18.1. The van der Waals surface area contributed by atoms with Crippen LogP contribution in [0.3, 0.4) is 0 Å². The molecule has 0 bridgehead atoms. The number of nitrogens with zero attached hydrogens (tertiary/aromatic N) is 3. The first-order valence-electron chi connectivity index (χ1n) is 8.20. The van der Waals surface area contributed by atoms with Crippen molar-refractivity contribution in [1.82, 2.24) is 14.7 Å². The average molecular weight is 345 g/mol. The van der Waals surface area contributed by atoms with Crippen LogP contribution in [-0.2, 0) is 0 Å². The van der Waals surface area contributed by atoms with E-state index in [0.717, 1.165) is 0 Å². The minimum atomic E-state index is -0.999. The van der Waals surface area contributed by atoms with Gasteiger partial charge in [-0.2, -0.15) is 5.10 Å². The highest BCUT2D eigenvalue weighted by molar-refractivity contribution is 5.94. The molecule has 0 radical (unpaired) electrons. The number of carbonyl (C=O) groups is 2. The molecular weight excluding hydrogens is 325 g/mol. The van der Waals surface area contributed by atoms with Crippen molar-refractivity contribution in [2.24, 2.45) is 0 Å². The third-order valence-corrected chi connectivity index (χ3v) is 4.66. The van der Waals surface area contributed by atoms with E-state index in [4.69, 9.17) is 5.11 Å². The van der Waals surface area contributed by atoms with Gasteiger partial charge in [-0.25, -0.2) is 9.18 Å². The van der Waals surface area contributed by atoms with Crippen molar-refractivity contribution in [3.8, 4) is 0 Å². The number of piperidine rings is 1. The van der Waals surface area contributed by atoms with Crippen molar-refractivity contribution in [2.75, 3.05) is 13.1 Å². The summed E-state index contributed by atoms with van der Waals surface area (Å²) in [6.45, 7) is 4.43. The summed E-state index contributed by atoms with van der Waals surface area (Å²) in [4.78, 5) is 25.4. The molecule has 1 aliphatic rings. The van der Waals surface area contributed by atoms with Gasteiger partial charge in [0.2, 0.25) is 0 Å². The average Bonchev–Trinajstić information content (AvgIpc) is 3.09. The Morgan fingerprint density at radius 1 is 1.16 bits per heavy atom. The molecule has 7 heteroatoms. The Hall–Kier alpha value is -2.70. The molecule has 0 atom stereocenters. The van der Waals surface area contributed by atoms with Gasteiger partial charge in [0, 0.05) is 24.8 Å². The number of carboxylic acids is 1. The molecule has 0 saturated carbocycles. The van der Waals surface area contributed by atoms with Gasteiger partial charge in [-0.05, 0) is 49.9 Å². The van der Waals surface area contributed by atoms with Crippen molar-refractivity contribution in [3.05, 3.63) is 52.6 Å². The minimum absolute atomic E-state index is 0.0776. The Morgan fingerprint density at radius 2 is 1.76 bits per heavy atom. The van der Waals surface area contributed by atoms with Crippen molar-refractivity contribution in [2.45, 2.75) is 32.7 Å². The first kappa shape index (κ1) is 17.1. The monoisotopic (exact) mass is 345 g/mol. The molecule has 1 N–H and O–H groups in total. The second-order valence-corrected chi connectivity index (χ2v) is 6.46. The van der Waals surface area contributed by atoms with Gasteiger partial charge in [-0.3, -0.25) is 9.48 Å². The van der Waals surface area contributed by atoms with Crippen molar-refractivity contribution in [3.63, 3.8) is 0 Å². The number of rotatable bonds is 3. The van der Waals surface area contributed by atoms with E-state index in [2.05, 4.69) is 5.10 Å². The molecule has 1 fully saturated rings. The van der Waals surface area contributed by atoms with Crippen molar-refractivity contribution >= 4 is 11.9 Å². The molecule has 2 aromatic rings. The Balaban J connectivity index is 1.67. The number of carbonyl (C=O) groups excluding carboxylic acids is 1. The van der Waals surface area contributed by atoms with Crippen molar-refractivity contribution in [1.29, 1.82) is 0 Å². The third-order valence-electron chi connectivity index (χ3n) is 4.66. The molecule has 0 unspecified atom stereocenters. The molecule has 25 heavy (non-hydrogen) atoms. The number of aromatic nitrogens is 2. The van der Waals surface area contributed by atoms with Crippen molar-refractivity contribution < 1.29 is 19.1 Å². The summed E-state index contributed by atoms with van der Waals surface area (Å²) in [5, 5.41) is 13.1. The third kappa shape index (κ3) is 3.40. The lowest BCUT2D eigenvalue weighted by atomic mass is 10.0. The maximum atomic E-state index is 13.7. The maximum Gasteiger partial charge on any atom is 0.338 e. The summed E-state index contributed by atoms with van der Waals surface area (Å²) in [6.07, 6.45) is 4.26. The summed E-state index contributed by atoms with van der Waals surface area (Å²) in [6, 6.07) is 3.25. The van der Waals surface area contributed by atoms with Crippen LogP contribution in [0.15, 0.2) is 24.5 Å². The fourth-order valence-corrected chi connectivity index (χ4v) is 3.23. The molecule has 1 aromatic heterocycles. The molecule has 1 saturated heterocycles. The van der Waals surface area contributed by atoms with E-state index < -0.39 is 5.97 Å². The van der Waals surface area contributed by atoms with Crippen LogP contribution in [0.4, 0.5) is 4.39 Å². The van der Waals surface area contributed by atoms with Gasteiger partial charge in [0.25, 0.3) is 5.91 Å². The topological polar surface area (TPSA) is 75.4 Å². The van der Waals surface area contributed by atoms with E-state index in [9.17, 15) is 14.0 Å². The predicted octanol–water partition coefficient (Wildman–Crippen LogP) is 2.81. The van der Waals surface area contributed by atoms with E-state index in [1.807, 2.05) is 0 Å². The molecule has 132 valence electrons. The van der Waals surface area contributed by atoms with Gasteiger partial charge in [0.05, 0.1) is 17.8 Å². The second-order valence-electron chi connectivity index (χ2n) is 6.46. The van der Waals surface area contributed by atoms with Crippen LogP contribution >= 0.6 is 0 Å². The largest absolute Gasteiger partial charge is 0.478 e. The quantitative estimate of drug-likeness (QED) is 0.928. The second kappa shape index (κ2) is 6.66. The standard InChI is InChI=1S/C18H20FN3O3/c1-11-7-13(8-12(2)16(11)19)17(23)21-5-3-15(4-6-21)22-10-14(9-20-22)18(24)25/h7-10,15H,3-6H2,1-2H3,(H,24,25). The minimum Gasteiger partial charge on any atom is -0.478 e. The highest BCUT2D eigenvalue weighted by Gasteiger charge is 2.26. The maximum absolute atomic E-state index is 13.7. The fourth-order valence-electron chi connectivity index (χ4n) is 3.23. The van der Waals surface area contributed by atoms with Gasteiger partial charge in [0.15, 0.2) is 0 Å². The Labute approximate surface area is 144 Å². The molecular formula is C18H20FN3O3. The van der Waals surface area contributed by atoms with Crippen LogP contribution in [0.5, 0.6) is 0 Å². The fraction of sp³-hybridized carbons (Fsp3) is 0.389. The first-order valence-corrected chi connectivity index (χ1v) is 8.20. The molecule has 3 rings (SSSR count). The molecule has 2 heterocycles. The van der Waals surface area contributed by atoms with E-state index in [1.165, 1.54) is 12.4 Å². The number of likely N-dealkylation sites (tertiary alicyclic amines) is 1. The molecule has 1 aromatic carbocycles. The van der Waals surface area contributed by atoms with Crippen LogP contribution in [0.1, 0.15) is 50.7 Å². The zero-order valence-corrected chi connectivity index (χ0v) is 14.2. The van der Waals surface area contributed by atoms with Gasteiger partial charge in [-0.15, -0.1) is 0 Å². The molecule has 1 amide bonds. The molecule has 0 spiro atoms. The Bertz CT molecular complexity index is 800. The van der Waals surface area contributed by atoms with Crippen LogP contribution in [-0.4, -0.2) is 44.8 Å². The number of hydrogen-bond acceptors (Lipinski definition) is 3. The normalized spacial score (nSPS) is 15.4. The molecule has 6 nitrogen and oxygen atoms in total. The van der Waals surface area contributed by atoms with Gasteiger partial charge in [-0.1, -0.05) is 0 Å². The molecule has 0 aliphatic carbocycles. The summed E-state index contributed by atoms with van der Waals surface area (Å²) < 4.78 is 15.4. The first-order chi connectivity index (χ1) is 11.9. The number of hydrogen-bond donors (Lipinski definition) is 1. The highest BCUT2D eigenvalue weighted by Crippen LogP contribution is 2.24. The summed E-state index contributed by atoms with van der Waals surface area (Å²) >= 11 is 0. The Kier molecular flexibility index (Phi) is 4.57. The smallest absolute Gasteiger partial charge is 0.338 e. The molecule has 1 aliphatic heterocycles. The lowest BCUT2D eigenvalue weighted by Crippen LogP contribution is -2.39. The summed E-state index contributed by atoms with van der Waals surface area (Å²) in [7, 11) is 0. The number of aryl methyl sites for hydroxylation is 2. The van der Waals surface area contributed by atoms with Gasteiger partial charge in [0.1, 0.15) is 5.82 Å². The van der Waals surface area contributed by atoms with Gasteiger partial charge >= 0.3 is 5.97 Å². The number of aromatic carboxylic acids is 1. The highest BCUT2D eigenvalue weighted by atomic mass is 19.1. The number of carboxylic acid groups (broad SMARTS) is 1.